The third-order valence-electron chi connectivity index (χ3n) is 4.80. The van der Waals surface area contributed by atoms with Crippen LogP contribution in [0, 0.1) is 6.92 Å². The van der Waals surface area contributed by atoms with E-state index in [1.807, 2.05) is 66.7 Å². The molecular formula is C27H38O5. The van der Waals surface area contributed by atoms with Gasteiger partial charge in [-0.2, -0.15) is 0 Å². The molecular weight excluding hydrogens is 404 g/mol. The van der Waals surface area contributed by atoms with Gasteiger partial charge in [-0.25, -0.2) is 9.59 Å². The van der Waals surface area contributed by atoms with Gasteiger partial charge in [-0.05, 0) is 52.0 Å². The SMILES string of the molecule is CC.CC.CCOC(=O)c1c(C(=O)OCC)c(C2=C(C)C2)c2cc(C)ccc2c1OCC. The molecule has 0 spiro atoms. The molecule has 0 amide bonds. The zero-order valence-corrected chi connectivity index (χ0v) is 21.1. The Hall–Kier alpha value is -2.82. The van der Waals surface area contributed by atoms with E-state index in [4.69, 9.17) is 14.2 Å². The zero-order chi connectivity index (χ0) is 24.4. The van der Waals surface area contributed by atoms with Crippen LogP contribution < -0.4 is 4.74 Å². The van der Waals surface area contributed by atoms with E-state index in [0.29, 0.717) is 12.4 Å². The van der Waals surface area contributed by atoms with Gasteiger partial charge in [0.25, 0.3) is 0 Å². The first-order chi connectivity index (χ1) is 15.4. The van der Waals surface area contributed by atoms with Gasteiger partial charge in [0, 0.05) is 10.9 Å². The van der Waals surface area contributed by atoms with Crippen LogP contribution in [0.1, 0.15) is 93.7 Å². The molecule has 0 unspecified atom stereocenters. The Morgan fingerprint density at radius 1 is 0.812 bits per heavy atom. The highest BCUT2D eigenvalue weighted by Gasteiger charge is 2.35. The highest BCUT2D eigenvalue weighted by atomic mass is 16.5. The first-order valence-corrected chi connectivity index (χ1v) is 11.7. The van der Waals surface area contributed by atoms with Crippen LogP contribution in [0.4, 0.5) is 0 Å². The minimum atomic E-state index is -0.573. The monoisotopic (exact) mass is 442 g/mol. The van der Waals surface area contributed by atoms with Crippen molar-refractivity contribution in [1.82, 2.24) is 0 Å². The number of rotatable bonds is 7. The molecule has 0 heterocycles. The van der Waals surface area contributed by atoms with Crippen molar-refractivity contribution in [2.24, 2.45) is 0 Å². The van der Waals surface area contributed by atoms with Crippen LogP contribution in [-0.4, -0.2) is 31.8 Å². The number of esters is 2. The molecule has 0 fully saturated rings. The fourth-order valence-electron chi connectivity index (χ4n) is 3.51. The molecule has 0 aliphatic heterocycles. The van der Waals surface area contributed by atoms with Crippen LogP contribution >= 0.6 is 0 Å². The van der Waals surface area contributed by atoms with E-state index in [9.17, 15) is 9.59 Å². The first kappa shape index (κ1) is 27.2. The second-order valence-corrected chi connectivity index (χ2v) is 6.81. The van der Waals surface area contributed by atoms with E-state index >= 15 is 0 Å². The number of benzene rings is 2. The van der Waals surface area contributed by atoms with Crippen molar-refractivity contribution in [2.45, 2.75) is 68.7 Å². The van der Waals surface area contributed by atoms with Crippen LogP contribution in [0.15, 0.2) is 23.8 Å². The summed E-state index contributed by atoms with van der Waals surface area (Å²) in [6.07, 6.45) is 0.811. The van der Waals surface area contributed by atoms with Crippen LogP contribution in [0.3, 0.4) is 0 Å². The van der Waals surface area contributed by atoms with Crippen LogP contribution in [0.5, 0.6) is 5.75 Å². The van der Waals surface area contributed by atoms with Gasteiger partial charge in [-0.15, -0.1) is 0 Å². The Morgan fingerprint density at radius 2 is 1.34 bits per heavy atom. The smallest absolute Gasteiger partial charge is 0.342 e. The maximum atomic E-state index is 13.0. The molecule has 2 aromatic carbocycles. The fraction of sp³-hybridized carbons (Fsp3) is 0.481. The molecule has 0 saturated heterocycles. The summed E-state index contributed by atoms with van der Waals surface area (Å²) in [5.74, 6) is -0.726. The summed E-state index contributed by atoms with van der Waals surface area (Å²) in [5.41, 5.74) is 4.50. The number of hydrogen-bond acceptors (Lipinski definition) is 5. The number of allylic oxidation sites excluding steroid dienone is 2. The number of aryl methyl sites for hydroxylation is 1. The molecule has 0 aromatic heterocycles. The van der Waals surface area contributed by atoms with Crippen molar-refractivity contribution in [1.29, 1.82) is 0 Å². The number of carbonyl (C=O) groups excluding carboxylic acids is 2. The quantitative estimate of drug-likeness (QED) is 0.427. The Kier molecular flexibility index (Phi) is 11.0. The van der Waals surface area contributed by atoms with Gasteiger partial charge in [0.15, 0.2) is 0 Å². The molecule has 0 N–H and O–H groups in total. The minimum absolute atomic E-state index is 0.153. The summed E-state index contributed by atoms with van der Waals surface area (Å²) in [6, 6.07) is 5.94. The Morgan fingerprint density at radius 3 is 1.81 bits per heavy atom. The van der Waals surface area contributed by atoms with E-state index in [1.54, 1.807) is 13.8 Å². The Balaban J connectivity index is 0.00000121. The lowest BCUT2D eigenvalue weighted by molar-refractivity contribution is 0.0475. The number of ether oxygens (including phenoxy) is 3. The zero-order valence-electron chi connectivity index (χ0n) is 21.1. The maximum absolute atomic E-state index is 13.0. The van der Waals surface area contributed by atoms with Crippen molar-refractivity contribution < 1.29 is 23.8 Å². The molecule has 1 aliphatic rings. The maximum Gasteiger partial charge on any atom is 0.342 e. The summed E-state index contributed by atoms with van der Waals surface area (Å²) in [5, 5.41) is 1.69. The van der Waals surface area contributed by atoms with Crippen LogP contribution in [-0.2, 0) is 9.47 Å². The van der Waals surface area contributed by atoms with Crippen molar-refractivity contribution in [3.8, 4) is 5.75 Å². The molecule has 32 heavy (non-hydrogen) atoms. The minimum Gasteiger partial charge on any atom is -0.492 e. The summed E-state index contributed by atoms with van der Waals surface area (Å²) in [6.45, 7) is 18.1. The van der Waals surface area contributed by atoms with E-state index in [0.717, 1.165) is 33.9 Å². The third kappa shape index (κ3) is 5.70. The van der Waals surface area contributed by atoms with E-state index < -0.39 is 11.9 Å². The van der Waals surface area contributed by atoms with Gasteiger partial charge in [-0.3, -0.25) is 0 Å². The molecule has 5 heteroatoms. The summed E-state index contributed by atoms with van der Waals surface area (Å²) < 4.78 is 16.5. The Labute approximate surface area is 192 Å². The third-order valence-corrected chi connectivity index (χ3v) is 4.80. The van der Waals surface area contributed by atoms with E-state index in [2.05, 4.69) is 0 Å². The van der Waals surface area contributed by atoms with Gasteiger partial charge < -0.3 is 14.2 Å². The predicted octanol–water partition coefficient (Wildman–Crippen LogP) is 7.13. The average Bonchev–Trinajstić information content (AvgIpc) is 3.52. The van der Waals surface area contributed by atoms with Crippen LogP contribution in [0.2, 0.25) is 0 Å². The second kappa shape index (κ2) is 12.9. The molecule has 0 bridgehead atoms. The lowest BCUT2D eigenvalue weighted by atomic mass is 9.90. The molecule has 0 atom stereocenters. The van der Waals surface area contributed by atoms with Crippen molar-refractivity contribution in [3.63, 3.8) is 0 Å². The highest BCUT2D eigenvalue weighted by molar-refractivity contribution is 6.17. The number of hydrogen-bond donors (Lipinski definition) is 0. The van der Waals surface area contributed by atoms with Gasteiger partial charge in [0.2, 0.25) is 0 Å². The highest BCUT2D eigenvalue weighted by Crippen LogP contribution is 2.48. The molecule has 176 valence electrons. The molecule has 5 nitrogen and oxygen atoms in total. The molecule has 2 aromatic rings. The topological polar surface area (TPSA) is 61.8 Å². The first-order valence-electron chi connectivity index (χ1n) is 11.7. The largest absolute Gasteiger partial charge is 0.492 e. The number of fused-ring (bicyclic) bond motifs is 1. The van der Waals surface area contributed by atoms with Crippen molar-refractivity contribution >= 4 is 28.3 Å². The number of carbonyl (C=O) groups is 2. The average molecular weight is 443 g/mol. The van der Waals surface area contributed by atoms with Crippen molar-refractivity contribution in [3.05, 3.63) is 46.0 Å². The van der Waals surface area contributed by atoms with Gasteiger partial charge in [-0.1, -0.05) is 57.0 Å². The van der Waals surface area contributed by atoms with Gasteiger partial charge >= 0.3 is 11.9 Å². The van der Waals surface area contributed by atoms with Gasteiger partial charge in [0.1, 0.15) is 11.3 Å². The lowest BCUT2D eigenvalue weighted by Gasteiger charge is -2.20. The molecule has 1 aliphatic carbocycles. The van der Waals surface area contributed by atoms with E-state index in [1.165, 1.54) is 5.57 Å². The van der Waals surface area contributed by atoms with Crippen molar-refractivity contribution in [2.75, 3.05) is 19.8 Å². The standard InChI is InChI=1S/C23H26O5.2C2H6/c1-6-26-21-15-10-9-13(4)11-17(15)18(16-12-14(16)5)19(22(24)27-7-2)20(21)23(25)28-8-3;2*1-2/h9-11H,6-8,12H2,1-5H3;2*1-2H3. The lowest BCUT2D eigenvalue weighted by Crippen LogP contribution is -2.18. The molecule has 0 radical (unpaired) electrons. The van der Waals surface area contributed by atoms with Gasteiger partial charge in [0.05, 0.1) is 25.4 Å². The Bertz CT molecular complexity index is 985. The normalized spacial score (nSPS) is 11.7. The fourth-order valence-corrected chi connectivity index (χ4v) is 3.51. The van der Waals surface area contributed by atoms with E-state index in [-0.39, 0.29) is 24.3 Å². The summed E-state index contributed by atoms with van der Waals surface area (Å²) in [4.78, 5) is 25.9. The summed E-state index contributed by atoms with van der Waals surface area (Å²) in [7, 11) is 0. The molecule has 3 rings (SSSR count). The van der Waals surface area contributed by atoms with Crippen LogP contribution in [0.25, 0.3) is 16.3 Å². The summed E-state index contributed by atoms with van der Waals surface area (Å²) >= 11 is 0. The molecule has 0 saturated carbocycles. The predicted molar refractivity (Wildman–Crippen MR) is 132 cm³/mol. The second-order valence-electron chi connectivity index (χ2n) is 6.81.